The maximum absolute atomic E-state index is 12.4. The number of thiophene rings is 1. The average molecular weight is 337 g/mol. The normalized spacial score (nSPS) is 17.8. The lowest BCUT2D eigenvalue weighted by Crippen LogP contribution is -2.23. The molecule has 5 heteroatoms. The van der Waals surface area contributed by atoms with Gasteiger partial charge in [-0.05, 0) is 64.3 Å². The summed E-state index contributed by atoms with van der Waals surface area (Å²) in [6.07, 6.45) is 4.79. The van der Waals surface area contributed by atoms with E-state index in [9.17, 15) is 4.79 Å². The Hall–Kier alpha value is -1.20. The highest BCUT2D eigenvalue weighted by Gasteiger charge is 2.27. The van der Waals surface area contributed by atoms with Crippen LogP contribution in [0.2, 0.25) is 0 Å². The van der Waals surface area contributed by atoms with Crippen molar-refractivity contribution in [2.75, 3.05) is 5.32 Å². The zero-order chi connectivity index (χ0) is 13.2. The number of halogens is 1. The van der Waals surface area contributed by atoms with E-state index in [0.717, 1.165) is 29.6 Å². The Morgan fingerprint density at radius 3 is 3.11 bits per heavy atom. The van der Waals surface area contributed by atoms with Crippen molar-refractivity contribution in [1.29, 1.82) is 0 Å². The van der Waals surface area contributed by atoms with E-state index in [1.54, 1.807) is 17.5 Å². The van der Waals surface area contributed by atoms with E-state index in [4.69, 9.17) is 0 Å². The molecule has 1 N–H and O–H groups in total. The summed E-state index contributed by atoms with van der Waals surface area (Å²) in [6.45, 7) is 0. The molecule has 2 heterocycles. The van der Waals surface area contributed by atoms with E-state index in [-0.39, 0.29) is 11.8 Å². The molecule has 2 aromatic rings. The van der Waals surface area contributed by atoms with Crippen molar-refractivity contribution in [1.82, 2.24) is 4.98 Å². The molecule has 0 aromatic carbocycles. The van der Waals surface area contributed by atoms with E-state index in [1.165, 1.54) is 10.4 Å². The maximum atomic E-state index is 12.4. The van der Waals surface area contributed by atoms with Crippen LogP contribution in [0.15, 0.2) is 34.4 Å². The Kier molecular flexibility index (Phi) is 3.66. The van der Waals surface area contributed by atoms with E-state index in [2.05, 4.69) is 37.7 Å². The molecule has 0 saturated carbocycles. The lowest BCUT2D eigenvalue weighted by atomic mass is 9.87. The van der Waals surface area contributed by atoms with E-state index in [0.29, 0.717) is 0 Å². The van der Waals surface area contributed by atoms with Gasteiger partial charge in [-0.2, -0.15) is 0 Å². The maximum Gasteiger partial charge on any atom is 0.231 e. The van der Waals surface area contributed by atoms with Crippen molar-refractivity contribution < 1.29 is 4.79 Å². The van der Waals surface area contributed by atoms with Gasteiger partial charge in [-0.15, -0.1) is 11.3 Å². The average Bonchev–Trinajstić information content (AvgIpc) is 2.89. The van der Waals surface area contributed by atoms with Gasteiger partial charge in [-0.25, -0.2) is 4.98 Å². The van der Waals surface area contributed by atoms with Crippen LogP contribution in [-0.2, 0) is 11.2 Å². The van der Waals surface area contributed by atoms with Crippen LogP contribution in [0, 0.1) is 0 Å². The fourth-order valence-electron chi connectivity index (χ4n) is 2.44. The molecule has 1 atom stereocenters. The summed E-state index contributed by atoms with van der Waals surface area (Å²) in [6, 6.07) is 5.77. The molecule has 0 spiro atoms. The summed E-state index contributed by atoms with van der Waals surface area (Å²) in [7, 11) is 0. The Morgan fingerprint density at radius 2 is 2.32 bits per heavy atom. The summed E-state index contributed by atoms with van der Waals surface area (Å²) in [4.78, 5) is 17.8. The van der Waals surface area contributed by atoms with Gasteiger partial charge in [0.05, 0.1) is 17.8 Å². The molecule has 3 rings (SSSR count). The lowest BCUT2D eigenvalue weighted by Gasteiger charge is -2.21. The van der Waals surface area contributed by atoms with Gasteiger partial charge in [-0.1, -0.05) is 0 Å². The molecule has 98 valence electrons. The summed E-state index contributed by atoms with van der Waals surface area (Å²) in [5, 5.41) is 5.03. The van der Waals surface area contributed by atoms with Gasteiger partial charge in [0, 0.05) is 4.88 Å². The number of aryl methyl sites for hydroxylation is 1. The molecule has 19 heavy (non-hydrogen) atoms. The standard InChI is InChI=1S/C14H13BrN2OS/c15-13-5-4-9(8-16-13)17-14(18)11-2-1-3-12-10(11)6-7-19-12/h4-8,11H,1-3H2,(H,17,18). The number of amides is 1. The topological polar surface area (TPSA) is 42.0 Å². The number of anilines is 1. The van der Waals surface area contributed by atoms with Crippen molar-refractivity contribution in [3.8, 4) is 0 Å². The third-order valence-corrected chi connectivity index (χ3v) is 4.83. The Labute approximate surface area is 124 Å². The highest BCUT2D eigenvalue weighted by atomic mass is 79.9. The zero-order valence-electron chi connectivity index (χ0n) is 10.2. The first-order valence-electron chi connectivity index (χ1n) is 6.23. The number of fused-ring (bicyclic) bond motifs is 1. The number of rotatable bonds is 2. The molecule has 0 saturated heterocycles. The van der Waals surface area contributed by atoms with E-state index >= 15 is 0 Å². The van der Waals surface area contributed by atoms with Gasteiger partial charge in [0.25, 0.3) is 0 Å². The summed E-state index contributed by atoms with van der Waals surface area (Å²) < 4.78 is 0.767. The van der Waals surface area contributed by atoms with Gasteiger partial charge in [-0.3, -0.25) is 4.79 Å². The second-order valence-electron chi connectivity index (χ2n) is 4.60. The van der Waals surface area contributed by atoms with Crippen molar-refractivity contribution in [3.05, 3.63) is 44.8 Å². The third kappa shape index (κ3) is 2.72. The minimum absolute atomic E-state index is 0.0151. The molecular weight excluding hydrogens is 324 g/mol. The largest absolute Gasteiger partial charge is 0.324 e. The number of carbonyl (C=O) groups excluding carboxylic acids is 1. The quantitative estimate of drug-likeness (QED) is 0.843. The van der Waals surface area contributed by atoms with Crippen LogP contribution in [0.3, 0.4) is 0 Å². The fraction of sp³-hybridized carbons (Fsp3) is 0.286. The van der Waals surface area contributed by atoms with Crippen LogP contribution in [0.1, 0.15) is 29.2 Å². The van der Waals surface area contributed by atoms with Crippen LogP contribution in [0.4, 0.5) is 5.69 Å². The Morgan fingerprint density at radius 1 is 1.42 bits per heavy atom. The monoisotopic (exact) mass is 336 g/mol. The Bertz CT molecular complexity index is 594. The molecule has 3 nitrogen and oxygen atoms in total. The molecular formula is C14H13BrN2OS. The first kappa shape index (κ1) is 12.8. The number of nitrogens with zero attached hydrogens (tertiary/aromatic N) is 1. The molecule has 0 fully saturated rings. The second-order valence-corrected chi connectivity index (χ2v) is 6.42. The number of carbonyl (C=O) groups is 1. The van der Waals surface area contributed by atoms with Crippen LogP contribution in [0.25, 0.3) is 0 Å². The number of pyridine rings is 1. The Balaban J connectivity index is 1.77. The molecule has 1 aliphatic rings. The molecule has 0 aliphatic heterocycles. The number of nitrogens with one attached hydrogen (secondary N) is 1. The molecule has 1 unspecified atom stereocenters. The first-order valence-corrected chi connectivity index (χ1v) is 7.90. The van der Waals surface area contributed by atoms with Gasteiger partial charge < -0.3 is 5.32 Å². The lowest BCUT2D eigenvalue weighted by molar-refractivity contribution is -0.117. The van der Waals surface area contributed by atoms with Crippen LogP contribution < -0.4 is 5.32 Å². The first-order chi connectivity index (χ1) is 9.24. The highest BCUT2D eigenvalue weighted by Crippen LogP contribution is 2.35. The minimum atomic E-state index is -0.0151. The molecule has 2 aromatic heterocycles. The van der Waals surface area contributed by atoms with Gasteiger partial charge >= 0.3 is 0 Å². The summed E-state index contributed by atoms with van der Waals surface area (Å²) in [5.74, 6) is 0.0575. The van der Waals surface area contributed by atoms with Crippen molar-refractivity contribution in [2.24, 2.45) is 0 Å². The molecule has 0 bridgehead atoms. The summed E-state index contributed by atoms with van der Waals surface area (Å²) in [5.41, 5.74) is 1.95. The van der Waals surface area contributed by atoms with Crippen LogP contribution in [-0.4, -0.2) is 10.9 Å². The van der Waals surface area contributed by atoms with E-state index in [1.807, 2.05) is 12.1 Å². The summed E-state index contributed by atoms with van der Waals surface area (Å²) >= 11 is 5.04. The molecule has 1 aliphatic carbocycles. The van der Waals surface area contributed by atoms with Crippen LogP contribution >= 0.6 is 27.3 Å². The van der Waals surface area contributed by atoms with Crippen LogP contribution in [0.5, 0.6) is 0 Å². The fourth-order valence-corrected chi connectivity index (χ4v) is 3.66. The van der Waals surface area contributed by atoms with Crippen molar-refractivity contribution in [2.45, 2.75) is 25.2 Å². The zero-order valence-corrected chi connectivity index (χ0v) is 12.6. The number of hydrogen-bond acceptors (Lipinski definition) is 3. The van der Waals surface area contributed by atoms with Gasteiger partial charge in [0.1, 0.15) is 4.60 Å². The second kappa shape index (κ2) is 5.43. The molecule has 1 amide bonds. The highest BCUT2D eigenvalue weighted by molar-refractivity contribution is 9.10. The smallest absolute Gasteiger partial charge is 0.231 e. The molecule has 0 radical (unpaired) electrons. The minimum Gasteiger partial charge on any atom is -0.324 e. The number of hydrogen-bond donors (Lipinski definition) is 1. The van der Waals surface area contributed by atoms with Gasteiger partial charge in [0.2, 0.25) is 5.91 Å². The van der Waals surface area contributed by atoms with Crippen molar-refractivity contribution >= 4 is 38.9 Å². The predicted octanol–water partition coefficient (Wildman–Crippen LogP) is 3.96. The SMILES string of the molecule is O=C(Nc1ccc(Br)nc1)C1CCCc2sccc21. The number of aromatic nitrogens is 1. The predicted molar refractivity (Wildman–Crippen MR) is 80.6 cm³/mol. The third-order valence-electron chi connectivity index (χ3n) is 3.36. The van der Waals surface area contributed by atoms with Crippen molar-refractivity contribution in [3.63, 3.8) is 0 Å². The van der Waals surface area contributed by atoms with Gasteiger partial charge in [0.15, 0.2) is 0 Å². The van der Waals surface area contributed by atoms with E-state index < -0.39 is 0 Å².